The van der Waals surface area contributed by atoms with Crippen LogP contribution in [0.5, 0.6) is 0 Å². The minimum absolute atomic E-state index is 0.0592. The maximum absolute atomic E-state index is 12.3. The molecule has 0 spiro atoms. The summed E-state index contributed by atoms with van der Waals surface area (Å²) in [6.45, 7) is 10.5. The Labute approximate surface area is 172 Å². The third kappa shape index (κ3) is 6.26. The number of aromatic nitrogens is 2. The Kier molecular flexibility index (Phi) is 7.20. The molecule has 156 valence electrons. The standard InChI is InChI=1S/C23H32N4O2/c1-17-5-7-20(8-6-17)21-9-10-23(29)27(25-21)16-22(28)24-11-4-12-26-14-18(2)13-19(3)15-26/h5-10,18-19H,4,11-16H2,1-3H3,(H,24,28)/t18-,19-/m0/s1. The van der Waals surface area contributed by atoms with Gasteiger partial charge in [-0.1, -0.05) is 43.7 Å². The molecule has 2 aromatic rings. The number of hydrogen-bond acceptors (Lipinski definition) is 4. The molecule has 0 unspecified atom stereocenters. The number of nitrogens with one attached hydrogen (secondary N) is 1. The van der Waals surface area contributed by atoms with Crippen molar-refractivity contribution in [3.8, 4) is 11.3 Å². The second kappa shape index (κ2) is 9.83. The molecule has 0 radical (unpaired) electrons. The fraction of sp³-hybridized carbons (Fsp3) is 0.522. The third-order valence-corrected chi connectivity index (χ3v) is 5.43. The number of rotatable bonds is 7. The van der Waals surface area contributed by atoms with Crippen LogP contribution in [-0.4, -0.2) is 46.8 Å². The van der Waals surface area contributed by atoms with Crippen molar-refractivity contribution >= 4 is 5.91 Å². The van der Waals surface area contributed by atoms with Crippen LogP contribution in [0.2, 0.25) is 0 Å². The van der Waals surface area contributed by atoms with Crippen LogP contribution < -0.4 is 10.9 Å². The van der Waals surface area contributed by atoms with E-state index in [1.165, 1.54) is 17.2 Å². The zero-order valence-corrected chi connectivity index (χ0v) is 17.7. The highest BCUT2D eigenvalue weighted by Gasteiger charge is 2.21. The molecule has 1 aromatic carbocycles. The first-order valence-electron chi connectivity index (χ1n) is 10.5. The number of likely N-dealkylation sites (tertiary alicyclic amines) is 1. The van der Waals surface area contributed by atoms with Crippen molar-refractivity contribution in [2.45, 2.75) is 40.2 Å². The van der Waals surface area contributed by atoms with Gasteiger partial charge in [0.25, 0.3) is 5.56 Å². The summed E-state index contributed by atoms with van der Waals surface area (Å²) in [4.78, 5) is 26.9. The van der Waals surface area contributed by atoms with E-state index in [1.807, 2.05) is 31.2 Å². The van der Waals surface area contributed by atoms with Gasteiger partial charge in [0.1, 0.15) is 6.54 Å². The highest BCUT2D eigenvalue weighted by Crippen LogP contribution is 2.20. The zero-order chi connectivity index (χ0) is 20.8. The van der Waals surface area contributed by atoms with Crippen molar-refractivity contribution in [1.29, 1.82) is 0 Å². The molecule has 1 amide bonds. The van der Waals surface area contributed by atoms with Crippen molar-refractivity contribution in [1.82, 2.24) is 20.0 Å². The van der Waals surface area contributed by atoms with Crippen LogP contribution in [0.1, 0.15) is 32.3 Å². The molecule has 6 nitrogen and oxygen atoms in total. The van der Waals surface area contributed by atoms with Gasteiger partial charge in [-0.15, -0.1) is 0 Å². The smallest absolute Gasteiger partial charge is 0.267 e. The molecule has 1 fully saturated rings. The van der Waals surface area contributed by atoms with E-state index in [2.05, 4.69) is 29.2 Å². The quantitative estimate of drug-likeness (QED) is 0.731. The van der Waals surface area contributed by atoms with Gasteiger partial charge in [0.05, 0.1) is 5.69 Å². The van der Waals surface area contributed by atoms with E-state index in [0.717, 1.165) is 49.0 Å². The van der Waals surface area contributed by atoms with E-state index >= 15 is 0 Å². The van der Waals surface area contributed by atoms with Gasteiger partial charge in [-0.05, 0) is 44.2 Å². The van der Waals surface area contributed by atoms with Crippen molar-refractivity contribution in [2.75, 3.05) is 26.2 Å². The highest BCUT2D eigenvalue weighted by atomic mass is 16.2. The summed E-state index contributed by atoms with van der Waals surface area (Å²) in [5, 5.41) is 7.29. The van der Waals surface area contributed by atoms with Crippen LogP contribution in [0.4, 0.5) is 0 Å². The first-order valence-corrected chi connectivity index (χ1v) is 10.5. The molecule has 0 bridgehead atoms. The van der Waals surface area contributed by atoms with Crippen molar-refractivity contribution in [3.63, 3.8) is 0 Å². The number of benzene rings is 1. The molecule has 2 atom stereocenters. The van der Waals surface area contributed by atoms with Crippen LogP contribution >= 0.6 is 0 Å². The Morgan fingerprint density at radius 3 is 2.48 bits per heavy atom. The maximum atomic E-state index is 12.3. The van der Waals surface area contributed by atoms with Crippen molar-refractivity contribution < 1.29 is 4.79 Å². The van der Waals surface area contributed by atoms with Gasteiger partial charge in [0.15, 0.2) is 0 Å². The lowest BCUT2D eigenvalue weighted by Crippen LogP contribution is -2.40. The molecule has 2 heterocycles. The summed E-state index contributed by atoms with van der Waals surface area (Å²) in [6.07, 6.45) is 2.22. The number of aryl methyl sites for hydroxylation is 1. The van der Waals surface area contributed by atoms with Gasteiger partial charge in [-0.2, -0.15) is 5.10 Å². The molecule has 6 heteroatoms. The molecular formula is C23H32N4O2. The van der Waals surface area contributed by atoms with E-state index in [4.69, 9.17) is 0 Å². The normalized spacial score (nSPS) is 19.8. The summed E-state index contributed by atoms with van der Waals surface area (Å²) in [5.41, 5.74) is 2.50. The minimum atomic E-state index is -0.271. The Morgan fingerprint density at radius 2 is 1.79 bits per heavy atom. The number of amides is 1. The van der Waals surface area contributed by atoms with Gasteiger partial charge in [-0.3, -0.25) is 9.59 Å². The van der Waals surface area contributed by atoms with Crippen LogP contribution in [0, 0.1) is 18.8 Å². The van der Waals surface area contributed by atoms with Crippen LogP contribution in [0.3, 0.4) is 0 Å². The summed E-state index contributed by atoms with van der Waals surface area (Å²) in [5.74, 6) is 1.31. The fourth-order valence-electron chi connectivity index (χ4n) is 4.14. The molecule has 0 aliphatic carbocycles. The van der Waals surface area contributed by atoms with E-state index < -0.39 is 0 Å². The third-order valence-electron chi connectivity index (χ3n) is 5.43. The lowest BCUT2D eigenvalue weighted by atomic mass is 9.92. The Hall–Kier alpha value is -2.47. The zero-order valence-electron chi connectivity index (χ0n) is 17.7. The first-order chi connectivity index (χ1) is 13.9. The topological polar surface area (TPSA) is 67.2 Å². The number of piperidine rings is 1. The van der Waals surface area contributed by atoms with Gasteiger partial charge < -0.3 is 10.2 Å². The summed E-state index contributed by atoms with van der Waals surface area (Å²) in [7, 11) is 0. The van der Waals surface area contributed by atoms with Crippen molar-refractivity contribution in [3.05, 3.63) is 52.3 Å². The molecule has 1 aliphatic heterocycles. The number of hydrogen-bond donors (Lipinski definition) is 1. The monoisotopic (exact) mass is 396 g/mol. The average molecular weight is 397 g/mol. The number of nitrogens with zero attached hydrogens (tertiary/aromatic N) is 3. The Morgan fingerprint density at radius 1 is 1.10 bits per heavy atom. The summed E-state index contributed by atoms with van der Waals surface area (Å²) < 4.78 is 1.23. The van der Waals surface area contributed by atoms with Crippen LogP contribution in [0.25, 0.3) is 11.3 Å². The van der Waals surface area contributed by atoms with Crippen molar-refractivity contribution in [2.24, 2.45) is 11.8 Å². The molecular weight excluding hydrogens is 364 g/mol. The minimum Gasteiger partial charge on any atom is -0.354 e. The summed E-state index contributed by atoms with van der Waals surface area (Å²) >= 11 is 0. The summed E-state index contributed by atoms with van der Waals surface area (Å²) in [6, 6.07) is 11.1. The molecule has 1 aliphatic rings. The largest absolute Gasteiger partial charge is 0.354 e. The predicted octanol–water partition coefficient (Wildman–Crippen LogP) is 2.70. The number of carbonyl (C=O) groups is 1. The lowest BCUT2D eigenvalue weighted by molar-refractivity contribution is -0.121. The molecule has 1 saturated heterocycles. The van der Waals surface area contributed by atoms with E-state index in [9.17, 15) is 9.59 Å². The van der Waals surface area contributed by atoms with Crippen LogP contribution in [-0.2, 0) is 11.3 Å². The second-order valence-electron chi connectivity index (χ2n) is 8.49. The molecule has 3 rings (SSSR count). The maximum Gasteiger partial charge on any atom is 0.267 e. The lowest BCUT2D eigenvalue weighted by Gasteiger charge is -2.34. The predicted molar refractivity (Wildman–Crippen MR) is 116 cm³/mol. The Balaban J connectivity index is 1.49. The van der Waals surface area contributed by atoms with E-state index in [-0.39, 0.29) is 18.0 Å². The fourth-order valence-corrected chi connectivity index (χ4v) is 4.14. The number of carbonyl (C=O) groups excluding carboxylic acids is 1. The van der Waals surface area contributed by atoms with E-state index in [0.29, 0.717) is 12.2 Å². The van der Waals surface area contributed by atoms with Gasteiger partial charge in [0.2, 0.25) is 5.91 Å². The van der Waals surface area contributed by atoms with E-state index in [1.54, 1.807) is 6.07 Å². The van der Waals surface area contributed by atoms with Gasteiger partial charge in [-0.25, -0.2) is 4.68 Å². The molecule has 1 aromatic heterocycles. The molecule has 1 N–H and O–H groups in total. The average Bonchev–Trinajstić information content (AvgIpc) is 2.67. The Bertz CT molecular complexity index is 865. The highest BCUT2D eigenvalue weighted by molar-refractivity contribution is 5.75. The first kappa shape index (κ1) is 21.2. The second-order valence-corrected chi connectivity index (χ2v) is 8.49. The SMILES string of the molecule is Cc1ccc(-c2ccc(=O)n(CC(=O)NCCCN3C[C@@H](C)C[C@H](C)C3)n2)cc1. The molecule has 29 heavy (non-hydrogen) atoms. The molecule has 0 saturated carbocycles. The van der Waals surface area contributed by atoms with Crippen LogP contribution in [0.15, 0.2) is 41.2 Å². The van der Waals surface area contributed by atoms with Gasteiger partial charge in [0, 0.05) is 31.3 Å². The van der Waals surface area contributed by atoms with Gasteiger partial charge >= 0.3 is 0 Å².